The molecule has 0 radical (unpaired) electrons. The highest BCUT2D eigenvalue weighted by atomic mass is 35.5. The standard InChI is InChI=1S/C14H13ClN2S/c15-11-10-8(7-1-2-7)6-18-13(10)17-12(16-11)9-5-14(9)3-4-14/h6-7,9H,1-5H2. The van der Waals surface area contributed by atoms with Crippen LogP contribution in [0.4, 0.5) is 0 Å². The first-order valence-corrected chi connectivity index (χ1v) is 7.97. The van der Waals surface area contributed by atoms with Crippen LogP contribution in [0.25, 0.3) is 10.2 Å². The van der Waals surface area contributed by atoms with Gasteiger partial charge in [-0.3, -0.25) is 0 Å². The summed E-state index contributed by atoms with van der Waals surface area (Å²) in [6, 6.07) is 0. The van der Waals surface area contributed by atoms with E-state index in [-0.39, 0.29) is 0 Å². The molecule has 92 valence electrons. The lowest BCUT2D eigenvalue weighted by Gasteiger charge is -2.02. The van der Waals surface area contributed by atoms with Gasteiger partial charge in [-0.15, -0.1) is 11.3 Å². The predicted molar refractivity (Wildman–Crippen MR) is 73.4 cm³/mol. The van der Waals surface area contributed by atoms with Crippen LogP contribution in [0.5, 0.6) is 0 Å². The van der Waals surface area contributed by atoms with Crippen molar-refractivity contribution in [1.82, 2.24) is 9.97 Å². The van der Waals surface area contributed by atoms with Gasteiger partial charge in [-0.1, -0.05) is 11.6 Å². The molecule has 2 aromatic heterocycles. The van der Waals surface area contributed by atoms with Gasteiger partial charge in [0.25, 0.3) is 0 Å². The summed E-state index contributed by atoms with van der Waals surface area (Å²) in [7, 11) is 0. The Morgan fingerprint density at radius 1 is 1.28 bits per heavy atom. The van der Waals surface area contributed by atoms with Crippen LogP contribution in [0.1, 0.15) is 55.3 Å². The van der Waals surface area contributed by atoms with Crippen LogP contribution in [-0.2, 0) is 0 Å². The average Bonchev–Trinajstić information content (AvgIpc) is 3.24. The lowest BCUT2D eigenvalue weighted by atomic mass is 10.1. The van der Waals surface area contributed by atoms with Gasteiger partial charge in [0.05, 0.1) is 5.39 Å². The van der Waals surface area contributed by atoms with Crippen molar-refractivity contribution in [2.75, 3.05) is 0 Å². The third-order valence-electron chi connectivity index (χ3n) is 4.85. The molecule has 3 saturated carbocycles. The fourth-order valence-corrected chi connectivity index (χ4v) is 4.58. The summed E-state index contributed by atoms with van der Waals surface area (Å²) in [4.78, 5) is 10.5. The van der Waals surface area contributed by atoms with Gasteiger partial charge in [0, 0.05) is 5.92 Å². The number of rotatable bonds is 2. The molecule has 0 saturated heterocycles. The van der Waals surface area contributed by atoms with Crippen molar-refractivity contribution in [3.8, 4) is 0 Å². The zero-order chi connectivity index (χ0) is 11.9. The molecular weight excluding hydrogens is 264 g/mol. The quantitative estimate of drug-likeness (QED) is 0.755. The predicted octanol–water partition coefficient (Wildman–Crippen LogP) is 4.49. The summed E-state index contributed by atoms with van der Waals surface area (Å²) >= 11 is 8.16. The molecule has 3 aliphatic rings. The molecule has 3 aliphatic carbocycles. The first-order chi connectivity index (χ1) is 8.77. The number of hydrogen-bond donors (Lipinski definition) is 0. The third kappa shape index (κ3) is 1.29. The average molecular weight is 277 g/mol. The number of hydrogen-bond acceptors (Lipinski definition) is 3. The minimum atomic E-state index is 0.603. The van der Waals surface area contributed by atoms with Gasteiger partial charge in [-0.25, -0.2) is 9.97 Å². The summed E-state index contributed by atoms with van der Waals surface area (Å²) in [6.07, 6.45) is 6.63. The highest BCUT2D eigenvalue weighted by Gasteiger charge is 2.64. The largest absolute Gasteiger partial charge is 0.222 e. The number of thiophene rings is 1. The molecule has 1 spiro atoms. The van der Waals surface area contributed by atoms with Crippen LogP contribution in [0.15, 0.2) is 5.38 Å². The van der Waals surface area contributed by atoms with Crippen molar-refractivity contribution < 1.29 is 0 Å². The van der Waals surface area contributed by atoms with Gasteiger partial charge in [-0.2, -0.15) is 0 Å². The van der Waals surface area contributed by atoms with E-state index in [2.05, 4.69) is 10.4 Å². The van der Waals surface area contributed by atoms with Crippen molar-refractivity contribution in [2.45, 2.75) is 43.9 Å². The Kier molecular flexibility index (Phi) is 1.74. The zero-order valence-corrected chi connectivity index (χ0v) is 11.5. The monoisotopic (exact) mass is 276 g/mol. The van der Waals surface area contributed by atoms with Gasteiger partial charge in [-0.05, 0) is 54.4 Å². The van der Waals surface area contributed by atoms with Gasteiger partial charge in [0.2, 0.25) is 0 Å². The van der Waals surface area contributed by atoms with Crippen molar-refractivity contribution in [3.05, 3.63) is 21.9 Å². The highest BCUT2D eigenvalue weighted by molar-refractivity contribution is 7.17. The molecule has 2 aromatic rings. The molecule has 5 rings (SSSR count). The molecule has 2 heterocycles. The topological polar surface area (TPSA) is 25.8 Å². The van der Waals surface area contributed by atoms with E-state index in [0.717, 1.165) is 22.0 Å². The zero-order valence-electron chi connectivity index (χ0n) is 9.95. The Hall–Kier alpha value is -0.670. The normalized spacial score (nSPS) is 27.9. The first-order valence-electron chi connectivity index (χ1n) is 6.71. The second kappa shape index (κ2) is 3.07. The molecule has 1 atom stereocenters. The summed E-state index contributed by atoms with van der Waals surface area (Å²) < 4.78 is 0. The van der Waals surface area contributed by atoms with Gasteiger partial charge in [0.1, 0.15) is 15.8 Å². The summed E-state index contributed by atoms with van der Waals surface area (Å²) in [5.41, 5.74) is 2.00. The Labute approximate surface area is 114 Å². The minimum absolute atomic E-state index is 0.603. The molecule has 1 unspecified atom stereocenters. The van der Waals surface area contributed by atoms with Gasteiger partial charge >= 0.3 is 0 Å². The second-order valence-electron chi connectivity index (χ2n) is 6.14. The molecule has 0 aromatic carbocycles. The maximum absolute atomic E-state index is 6.42. The number of halogens is 1. The van der Waals surface area contributed by atoms with Crippen molar-refractivity contribution in [1.29, 1.82) is 0 Å². The lowest BCUT2D eigenvalue weighted by Crippen LogP contribution is -1.95. The third-order valence-corrected chi connectivity index (χ3v) is 6.01. The molecule has 18 heavy (non-hydrogen) atoms. The molecular formula is C14H13ClN2S. The van der Waals surface area contributed by atoms with E-state index in [1.165, 1.54) is 37.7 Å². The maximum atomic E-state index is 6.42. The molecule has 0 bridgehead atoms. The lowest BCUT2D eigenvalue weighted by molar-refractivity contribution is 0.798. The molecule has 3 fully saturated rings. The van der Waals surface area contributed by atoms with Crippen molar-refractivity contribution in [2.24, 2.45) is 5.41 Å². The molecule has 0 amide bonds. The Morgan fingerprint density at radius 3 is 2.78 bits per heavy atom. The van der Waals surface area contributed by atoms with Crippen LogP contribution < -0.4 is 0 Å². The number of nitrogens with zero attached hydrogens (tertiary/aromatic N) is 2. The smallest absolute Gasteiger partial charge is 0.141 e. The summed E-state index contributed by atoms with van der Waals surface area (Å²) in [6.45, 7) is 0. The Balaban J connectivity index is 1.66. The summed E-state index contributed by atoms with van der Waals surface area (Å²) in [5, 5.41) is 4.08. The van der Waals surface area contributed by atoms with Crippen LogP contribution in [0, 0.1) is 5.41 Å². The van der Waals surface area contributed by atoms with E-state index in [4.69, 9.17) is 16.6 Å². The Morgan fingerprint density at radius 2 is 2.11 bits per heavy atom. The van der Waals surface area contributed by atoms with Gasteiger partial charge in [0.15, 0.2) is 0 Å². The van der Waals surface area contributed by atoms with Crippen LogP contribution in [0.2, 0.25) is 5.15 Å². The molecule has 4 heteroatoms. The van der Waals surface area contributed by atoms with Crippen molar-refractivity contribution in [3.63, 3.8) is 0 Å². The fraction of sp³-hybridized carbons (Fsp3) is 0.571. The van der Waals surface area contributed by atoms with Crippen LogP contribution >= 0.6 is 22.9 Å². The van der Waals surface area contributed by atoms with E-state index in [9.17, 15) is 0 Å². The number of aromatic nitrogens is 2. The van der Waals surface area contributed by atoms with Crippen LogP contribution in [-0.4, -0.2) is 9.97 Å². The number of fused-ring (bicyclic) bond motifs is 1. The van der Waals surface area contributed by atoms with E-state index in [1.807, 2.05) is 0 Å². The fourth-order valence-electron chi connectivity index (χ4n) is 3.21. The van der Waals surface area contributed by atoms with E-state index >= 15 is 0 Å². The van der Waals surface area contributed by atoms with Crippen molar-refractivity contribution >= 4 is 33.2 Å². The summed E-state index contributed by atoms with van der Waals surface area (Å²) in [5.74, 6) is 2.33. The molecule has 0 N–H and O–H groups in total. The Bertz CT molecular complexity index is 670. The highest BCUT2D eigenvalue weighted by Crippen LogP contribution is 2.74. The molecule has 0 aliphatic heterocycles. The first kappa shape index (κ1) is 10.2. The van der Waals surface area contributed by atoms with E-state index in [1.54, 1.807) is 11.3 Å². The second-order valence-corrected chi connectivity index (χ2v) is 7.35. The minimum Gasteiger partial charge on any atom is -0.222 e. The SMILES string of the molecule is Clc1nc(C2CC23CC3)nc2scc(C3CC3)c12. The van der Waals surface area contributed by atoms with E-state index < -0.39 is 0 Å². The molecule has 2 nitrogen and oxygen atoms in total. The van der Waals surface area contributed by atoms with E-state index in [0.29, 0.717) is 16.5 Å². The maximum Gasteiger partial charge on any atom is 0.141 e. The van der Waals surface area contributed by atoms with Crippen LogP contribution in [0.3, 0.4) is 0 Å². The van der Waals surface area contributed by atoms with Gasteiger partial charge < -0.3 is 0 Å².